The van der Waals surface area contributed by atoms with E-state index in [1.807, 2.05) is 0 Å². The van der Waals surface area contributed by atoms with Crippen molar-refractivity contribution in [2.75, 3.05) is 17.6 Å². The first-order chi connectivity index (χ1) is 8.01. The highest BCUT2D eigenvalue weighted by Crippen LogP contribution is 2.21. The van der Waals surface area contributed by atoms with Crippen molar-refractivity contribution >= 4 is 22.6 Å². The first kappa shape index (κ1) is 14.4. The molecule has 0 N–H and O–H groups in total. The van der Waals surface area contributed by atoms with E-state index in [4.69, 9.17) is 4.74 Å². The van der Waals surface area contributed by atoms with Gasteiger partial charge in [0, 0.05) is 4.43 Å². The van der Waals surface area contributed by atoms with Crippen molar-refractivity contribution in [2.45, 2.75) is 12.6 Å². The molecule has 1 aromatic carbocycles. The summed E-state index contributed by atoms with van der Waals surface area (Å²) in [5, 5.41) is 0. The first-order valence-corrected chi connectivity index (χ1v) is 6.52. The average molecular weight is 360 g/mol. The Kier molecular flexibility index (Phi) is 5.87. The van der Waals surface area contributed by atoms with Crippen molar-refractivity contribution in [1.29, 1.82) is 0 Å². The molecule has 0 aliphatic rings. The van der Waals surface area contributed by atoms with Crippen LogP contribution in [-0.4, -0.2) is 23.8 Å². The van der Waals surface area contributed by atoms with Gasteiger partial charge in [-0.05, 0) is 30.7 Å². The Morgan fingerprint density at radius 2 is 1.53 bits per heavy atom. The topological polar surface area (TPSA) is 18.5 Å². The maximum absolute atomic E-state index is 11.9. The van der Waals surface area contributed by atoms with E-state index in [1.165, 1.54) is 12.1 Å². The van der Waals surface area contributed by atoms with Crippen LogP contribution in [0.3, 0.4) is 0 Å². The van der Waals surface area contributed by atoms with E-state index in [9.17, 15) is 13.2 Å². The smallest absolute Gasteiger partial charge is 0.422 e. The Morgan fingerprint density at radius 1 is 1.00 bits per heavy atom. The summed E-state index contributed by atoms with van der Waals surface area (Å²) >= 11 is 2.25. The third-order valence-electron chi connectivity index (χ3n) is 1.77. The highest BCUT2D eigenvalue weighted by molar-refractivity contribution is 14.1. The molecule has 0 atom stereocenters. The maximum Gasteiger partial charge on any atom is 0.422 e. The van der Waals surface area contributed by atoms with Crippen molar-refractivity contribution in [3.05, 3.63) is 24.3 Å². The van der Waals surface area contributed by atoms with Gasteiger partial charge in [-0.2, -0.15) is 13.2 Å². The summed E-state index contributed by atoms with van der Waals surface area (Å²) < 4.78 is 46.6. The molecule has 0 amide bonds. The maximum atomic E-state index is 11.9. The highest BCUT2D eigenvalue weighted by atomic mass is 127. The van der Waals surface area contributed by atoms with Crippen molar-refractivity contribution in [3.8, 4) is 11.5 Å². The molecule has 0 aliphatic heterocycles. The van der Waals surface area contributed by atoms with Gasteiger partial charge in [-0.15, -0.1) is 0 Å². The lowest BCUT2D eigenvalue weighted by molar-refractivity contribution is -0.153. The predicted molar refractivity (Wildman–Crippen MR) is 67.0 cm³/mol. The summed E-state index contributed by atoms with van der Waals surface area (Å²) in [6, 6.07) is 6.12. The second kappa shape index (κ2) is 6.93. The van der Waals surface area contributed by atoms with Gasteiger partial charge < -0.3 is 9.47 Å². The Balaban J connectivity index is 2.39. The highest BCUT2D eigenvalue weighted by Gasteiger charge is 2.28. The number of rotatable bonds is 6. The fourth-order valence-electron chi connectivity index (χ4n) is 1.04. The molecule has 1 aromatic rings. The molecular formula is C11H12F3IO2. The second-order valence-electron chi connectivity index (χ2n) is 3.27. The summed E-state index contributed by atoms with van der Waals surface area (Å²) in [5.41, 5.74) is 0. The van der Waals surface area contributed by atoms with E-state index in [2.05, 4.69) is 27.3 Å². The summed E-state index contributed by atoms with van der Waals surface area (Å²) in [6.45, 7) is -0.673. The van der Waals surface area contributed by atoms with Crippen LogP contribution in [0.5, 0.6) is 11.5 Å². The SMILES string of the molecule is FC(F)(F)COc1ccc(OCCCI)cc1. The minimum Gasteiger partial charge on any atom is -0.494 e. The van der Waals surface area contributed by atoms with E-state index in [0.29, 0.717) is 12.4 Å². The second-order valence-corrected chi connectivity index (χ2v) is 4.35. The molecule has 0 spiro atoms. The number of halogens is 4. The lowest BCUT2D eigenvalue weighted by Gasteiger charge is -2.10. The van der Waals surface area contributed by atoms with E-state index >= 15 is 0 Å². The number of hydrogen-bond donors (Lipinski definition) is 0. The molecule has 0 saturated heterocycles. The molecule has 2 nitrogen and oxygen atoms in total. The summed E-state index contributed by atoms with van der Waals surface area (Å²) in [4.78, 5) is 0. The summed E-state index contributed by atoms with van der Waals surface area (Å²) in [5.74, 6) is 0.817. The van der Waals surface area contributed by atoms with E-state index in [1.54, 1.807) is 12.1 Å². The van der Waals surface area contributed by atoms with Gasteiger partial charge in [0.25, 0.3) is 0 Å². The van der Waals surface area contributed by atoms with Gasteiger partial charge in [-0.3, -0.25) is 0 Å². The van der Waals surface area contributed by atoms with Gasteiger partial charge >= 0.3 is 6.18 Å². The molecule has 96 valence electrons. The van der Waals surface area contributed by atoms with Gasteiger partial charge in [-0.1, -0.05) is 22.6 Å². The molecule has 0 unspecified atom stereocenters. The van der Waals surface area contributed by atoms with Gasteiger partial charge in [0.05, 0.1) is 6.61 Å². The standard InChI is InChI=1S/C11H12F3IO2/c12-11(13,14)8-17-10-4-2-9(3-5-10)16-7-1-6-15/h2-5H,1,6-8H2. The lowest BCUT2D eigenvalue weighted by atomic mass is 10.3. The van der Waals surface area contributed by atoms with Crippen LogP contribution in [0.1, 0.15) is 6.42 Å². The predicted octanol–water partition coefficient (Wildman–Crippen LogP) is 3.83. The van der Waals surface area contributed by atoms with Crippen molar-refractivity contribution in [2.24, 2.45) is 0 Å². The fraction of sp³-hybridized carbons (Fsp3) is 0.455. The van der Waals surface area contributed by atoms with E-state index in [-0.39, 0.29) is 5.75 Å². The lowest BCUT2D eigenvalue weighted by Crippen LogP contribution is -2.19. The molecular weight excluding hydrogens is 348 g/mol. The van der Waals surface area contributed by atoms with Crippen molar-refractivity contribution < 1.29 is 22.6 Å². The van der Waals surface area contributed by atoms with Gasteiger partial charge in [0.15, 0.2) is 6.61 Å². The molecule has 0 heterocycles. The molecule has 0 bridgehead atoms. The van der Waals surface area contributed by atoms with Crippen LogP contribution < -0.4 is 9.47 Å². The first-order valence-electron chi connectivity index (χ1n) is 4.99. The van der Waals surface area contributed by atoms with Gasteiger partial charge in [0.1, 0.15) is 11.5 Å². The Hall–Kier alpha value is -0.660. The quantitative estimate of drug-likeness (QED) is 0.436. The third-order valence-corrected chi connectivity index (χ3v) is 2.54. The molecule has 0 aliphatic carbocycles. The molecule has 6 heteroatoms. The number of benzene rings is 1. The van der Waals surface area contributed by atoms with Crippen LogP contribution in [0.4, 0.5) is 13.2 Å². The van der Waals surface area contributed by atoms with Crippen LogP contribution >= 0.6 is 22.6 Å². The monoisotopic (exact) mass is 360 g/mol. The Labute approximate surface area is 111 Å². The minimum atomic E-state index is -4.31. The largest absolute Gasteiger partial charge is 0.494 e. The Bertz CT molecular complexity index is 324. The summed E-state index contributed by atoms with van der Waals surface area (Å²) in [7, 11) is 0. The zero-order chi connectivity index (χ0) is 12.7. The Morgan fingerprint density at radius 3 is 2.00 bits per heavy atom. The van der Waals surface area contributed by atoms with Crippen LogP contribution in [0, 0.1) is 0 Å². The zero-order valence-electron chi connectivity index (χ0n) is 8.97. The van der Waals surface area contributed by atoms with Gasteiger partial charge in [0.2, 0.25) is 0 Å². The number of ether oxygens (including phenoxy) is 2. The molecule has 0 aromatic heterocycles. The fourth-order valence-corrected chi connectivity index (χ4v) is 1.35. The average Bonchev–Trinajstić information content (AvgIpc) is 2.27. The normalized spacial score (nSPS) is 11.3. The molecule has 1 rings (SSSR count). The zero-order valence-corrected chi connectivity index (χ0v) is 11.1. The molecule has 0 radical (unpaired) electrons. The number of hydrogen-bond acceptors (Lipinski definition) is 2. The van der Waals surface area contributed by atoms with E-state index < -0.39 is 12.8 Å². The molecule has 0 fully saturated rings. The van der Waals surface area contributed by atoms with Crippen LogP contribution in [0.2, 0.25) is 0 Å². The van der Waals surface area contributed by atoms with Crippen LogP contribution in [0.25, 0.3) is 0 Å². The van der Waals surface area contributed by atoms with Crippen LogP contribution in [0.15, 0.2) is 24.3 Å². The summed E-state index contributed by atoms with van der Waals surface area (Å²) in [6.07, 6.45) is -3.37. The van der Waals surface area contributed by atoms with Crippen molar-refractivity contribution in [1.82, 2.24) is 0 Å². The van der Waals surface area contributed by atoms with Gasteiger partial charge in [-0.25, -0.2) is 0 Å². The van der Waals surface area contributed by atoms with E-state index in [0.717, 1.165) is 10.8 Å². The number of alkyl halides is 4. The van der Waals surface area contributed by atoms with Crippen LogP contribution in [-0.2, 0) is 0 Å². The molecule has 0 saturated carbocycles. The minimum absolute atomic E-state index is 0.184. The third kappa shape index (κ3) is 6.60. The van der Waals surface area contributed by atoms with Crippen molar-refractivity contribution in [3.63, 3.8) is 0 Å². The molecule has 17 heavy (non-hydrogen) atoms.